The van der Waals surface area contributed by atoms with E-state index in [1.807, 2.05) is 0 Å². The van der Waals surface area contributed by atoms with E-state index in [9.17, 15) is 0 Å². The second kappa shape index (κ2) is 7.87. The molecule has 0 aliphatic carbocycles. The molecule has 39 heavy (non-hydrogen) atoms. The van der Waals surface area contributed by atoms with Crippen LogP contribution in [-0.4, -0.2) is 8.80 Å². The van der Waals surface area contributed by atoms with Gasteiger partial charge in [-0.2, -0.15) is 0 Å². The van der Waals surface area contributed by atoms with Gasteiger partial charge in [0.25, 0.3) is 0 Å². The van der Waals surface area contributed by atoms with E-state index < -0.39 is 8.80 Å². The molecule has 0 saturated heterocycles. The van der Waals surface area contributed by atoms with Crippen molar-refractivity contribution >= 4 is 58.5 Å². The molecule has 5 aromatic carbocycles. The van der Waals surface area contributed by atoms with Gasteiger partial charge in [-0.3, -0.25) is 0 Å². The highest BCUT2D eigenvalue weighted by molar-refractivity contribution is 7.01. The van der Waals surface area contributed by atoms with Crippen LogP contribution in [0.25, 0.3) is 0 Å². The number of benzene rings is 5. The molecule has 5 aromatic rings. The van der Waals surface area contributed by atoms with E-state index in [4.69, 9.17) is 4.74 Å². The quantitative estimate of drug-likeness (QED) is 0.224. The van der Waals surface area contributed by atoms with Gasteiger partial charge in [-0.25, -0.2) is 0 Å². The number of hydrogen-bond acceptors (Lipinski definition) is 3. The number of anilines is 6. The molecule has 0 amide bonds. The van der Waals surface area contributed by atoms with Crippen molar-refractivity contribution in [2.75, 3.05) is 9.80 Å². The minimum Gasteiger partial charge on any atom is -0.457 e. The second-order valence-corrected chi connectivity index (χ2v) is 14.1. The third kappa shape index (κ3) is 3.15. The minimum absolute atomic E-state index is 1.03. The van der Waals surface area contributed by atoms with E-state index in [0.29, 0.717) is 0 Å². The molecule has 3 heterocycles. The summed E-state index contributed by atoms with van der Waals surface area (Å²) >= 11 is 0. The smallest absolute Gasteiger partial charge is 0.153 e. The zero-order chi connectivity index (χ0) is 26.6. The Balaban J connectivity index is 1.52. The van der Waals surface area contributed by atoms with Crippen molar-refractivity contribution in [2.24, 2.45) is 0 Å². The Hall–Kier alpha value is -4.28. The maximum Gasteiger partial charge on any atom is 0.153 e. The number of rotatable bonds is 2. The number of hydrogen-bond donors (Lipinski definition) is 0. The average molecular weight is 523 g/mol. The second-order valence-electron chi connectivity index (χ2n) is 11.5. The normalized spacial score (nSPS) is 14.3. The van der Waals surface area contributed by atoms with Crippen LogP contribution in [0.3, 0.4) is 0 Å². The number of ether oxygens (including phenoxy) is 1. The van der Waals surface area contributed by atoms with Gasteiger partial charge < -0.3 is 14.5 Å². The molecule has 0 bridgehead atoms. The largest absolute Gasteiger partial charge is 0.457 e. The fraction of sp³-hybridized carbons (Fsp3) is 0.143. The van der Waals surface area contributed by atoms with Crippen LogP contribution in [0.15, 0.2) is 84.9 Å². The molecule has 3 aliphatic heterocycles. The molecule has 8 rings (SSSR count). The van der Waals surface area contributed by atoms with Crippen molar-refractivity contribution in [2.45, 2.75) is 34.6 Å². The first-order valence-electron chi connectivity index (χ1n) is 13.7. The van der Waals surface area contributed by atoms with Crippen molar-refractivity contribution < 1.29 is 4.74 Å². The van der Waals surface area contributed by atoms with E-state index in [-0.39, 0.29) is 0 Å². The summed E-state index contributed by atoms with van der Waals surface area (Å²) in [5.74, 6) is 2.06. The molecule has 3 aliphatic rings. The van der Waals surface area contributed by atoms with Crippen molar-refractivity contribution in [3.8, 4) is 11.5 Å². The predicted molar refractivity (Wildman–Crippen MR) is 166 cm³/mol. The van der Waals surface area contributed by atoms with Gasteiger partial charge in [0.05, 0.1) is 0 Å². The lowest BCUT2D eigenvalue weighted by Crippen LogP contribution is -2.63. The van der Waals surface area contributed by atoms with E-state index in [1.165, 1.54) is 77.5 Å². The molecular formula is C35H30N2OSi. The Bertz CT molecular complexity index is 1710. The molecular weight excluding hydrogens is 492 g/mol. The number of nitrogens with zero attached hydrogens (tertiary/aromatic N) is 2. The summed E-state index contributed by atoms with van der Waals surface area (Å²) in [4.78, 5) is 4.98. The van der Waals surface area contributed by atoms with E-state index in [2.05, 4.69) is 129 Å². The van der Waals surface area contributed by atoms with E-state index in [1.54, 1.807) is 0 Å². The molecule has 3 nitrogen and oxygen atoms in total. The molecule has 0 aromatic heterocycles. The molecule has 0 atom stereocenters. The Labute approximate surface area is 231 Å². The van der Waals surface area contributed by atoms with Gasteiger partial charge in [0, 0.05) is 44.5 Å². The van der Waals surface area contributed by atoms with Gasteiger partial charge in [-0.15, -0.1) is 0 Å². The number of aryl methyl sites for hydroxylation is 5. The minimum atomic E-state index is -1.84. The fourth-order valence-corrected chi connectivity index (χ4v) is 10.5. The van der Waals surface area contributed by atoms with Gasteiger partial charge >= 0.3 is 0 Å². The third-order valence-electron chi connectivity index (χ3n) is 8.44. The topological polar surface area (TPSA) is 15.7 Å². The van der Waals surface area contributed by atoms with Gasteiger partial charge in [0.1, 0.15) is 11.5 Å². The van der Waals surface area contributed by atoms with E-state index >= 15 is 0 Å². The maximum atomic E-state index is 6.82. The molecule has 0 fully saturated rings. The highest BCUT2D eigenvalue weighted by Gasteiger charge is 2.47. The average Bonchev–Trinajstić information content (AvgIpc) is 2.89. The van der Waals surface area contributed by atoms with Crippen LogP contribution in [0.2, 0.25) is 0 Å². The van der Waals surface area contributed by atoms with Crippen LogP contribution in [0.1, 0.15) is 27.8 Å². The summed E-state index contributed by atoms with van der Waals surface area (Å²) in [6.45, 7) is 10.9. The van der Waals surface area contributed by atoms with Gasteiger partial charge in [0.15, 0.2) is 8.80 Å². The van der Waals surface area contributed by atoms with Crippen LogP contribution in [0.4, 0.5) is 34.1 Å². The Morgan fingerprint density at radius 2 is 0.795 bits per heavy atom. The lowest BCUT2D eigenvalue weighted by atomic mass is 10.0. The van der Waals surface area contributed by atoms with Gasteiger partial charge in [0.2, 0.25) is 0 Å². The van der Waals surface area contributed by atoms with Crippen LogP contribution >= 0.6 is 0 Å². The standard InChI is InChI=1S/C35H30N2OSi/c1-20-6-10-25(11-7-20)36-27-14-22(3)15-28-33(27)39-34-29(36)16-23(4)18-31(34)38-32-19-24(5)17-30(35(32)39)37(28)26-12-8-21(2)9-13-26/h6-19,39H,1-5H3. The van der Waals surface area contributed by atoms with Crippen LogP contribution in [-0.2, 0) is 0 Å². The van der Waals surface area contributed by atoms with Crippen LogP contribution in [0.5, 0.6) is 11.5 Å². The summed E-state index contributed by atoms with van der Waals surface area (Å²) in [6, 6.07) is 31.9. The van der Waals surface area contributed by atoms with Crippen molar-refractivity contribution in [1.29, 1.82) is 0 Å². The zero-order valence-corrected chi connectivity index (χ0v) is 24.1. The first-order chi connectivity index (χ1) is 18.9. The van der Waals surface area contributed by atoms with Gasteiger partial charge in [-0.05, 0) is 117 Å². The molecule has 0 spiro atoms. The summed E-state index contributed by atoms with van der Waals surface area (Å²) in [5, 5.41) is 4.29. The zero-order valence-electron chi connectivity index (χ0n) is 23.0. The first kappa shape index (κ1) is 22.7. The highest BCUT2D eigenvalue weighted by atomic mass is 28.3. The van der Waals surface area contributed by atoms with Crippen molar-refractivity contribution in [3.05, 3.63) is 113 Å². The summed E-state index contributed by atoms with van der Waals surface area (Å²) in [7, 11) is -1.84. The fourth-order valence-electron chi connectivity index (χ4n) is 6.79. The molecule has 0 N–H and O–H groups in total. The van der Waals surface area contributed by atoms with E-state index in [0.717, 1.165) is 11.5 Å². The van der Waals surface area contributed by atoms with Crippen LogP contribution < -0.4 is 30.1 Å². The first-order valence-corrected chi connectivity index (χ1v) is 15.5. The molecule has 4 heteroatoms. The van der Waals surface area contributed by atoms with Crippen molar-refractivity contribution in [1.82, 2.24) is 0 Å². The Morgan fingerprint density at radius 3 is 1.21 bits per heavy atom. The lowest BCUT2D eigenvalue weighted by molar-refractivity contribution is 0.486. The molecule has 0 radical (unpaired) electrons. The Kier molecular flexibility index (Phi) is 4.58. The van der Waals surface area contributed by atoms with Crippen molar-refractivity contribution in [3.63, 3.8) is 0 Å². The highest BCUT2D eigenvalue weighted by Crippen LogP contribution is 2.48. The summed E-state index contributed by atoms with van der Waals surface area (Å²) in [5.41, 5.74) is 13.8. The molecule has 0 saturated carbocycles. The SMILES string of the molecule is Cc1ccc(N2c3cc(C)cc4c3[SiH]3c5c(cc(C)cc5N(c5ccc(C)cc5)c5cc(C)cc2c53)O4)cc1. The third-order valence-corrected chi connectivity index (χ3v) is 11.9. The maximum absolute atomic E-state index is 6.82. The summed E-state index contributed by atoms with van der Waals surface area (Å²) < 4.78 is 6.82. The Morgan fingerprint density at radius 1 is 0.436 bits per heavy atom. The predicted octanol–water partition coefficient (Wildman–Crippen LogP) is 7.15. The summed E-state index contributed by atoms with van der Waals surface area (Å²) in [6.07, 6.45) is 0. The molecule has 190 valence electrons. The monoisotopic (exact) mass is 522 g/mol. The van der Waals surface area contributed by atoms with Gasteiger partial charge in [-0.1, -0.05) is 35.4 Å². The lowest BCUT2D eigenvalue weighted by Gasteiger charge is -2.47. The van der Waals surface area contributed by atoms with Crippen LogP contribution in [0, 0.1) is 34.6 Å². The molecule has 0 unspecified atom stereocenters.